The summed E-state index contributed by atoms with van der Waals surface area (Å²) in [6, 6.07) is 6.18. The van der Waals surface area contributed by atoms with Gasteiger partial charge in [-0.3, -0.25) is 4.79 Å². The van der Waals surface area contributed by atoms with Gasteiger partial charge < -0.3 is 28.7 Å². The van der Waals surface area contributed by atoms with Crippen LogP contribution in [0.4, 0.5) is 0 Å². The number of nitrogens with zero attached hydrogens (tertiary/aromatic N) is 2. The molecule has 1 aliphatic heterocycles. The van der Waals surface area contributed by atoms with E-state index in [4.69, 9.17) is 32.7 Å². The summed E-state index contributed by atoms with van der Waals surface area (Å²) in [6.45, 7) is -4.06. The Labute approximate surface area is 216 Å². The van der Waals surface area contributed by atoms with E-state index in [2.05, 4.69) is 0 Å². The average Bonchev–Trinajstić information content (AvgIpc) is 3.03. The Morgan fingerprint density at radius 1 is 1.00 bits per heavy atom. The van der Waals surface area contributed by atoms with E-state index in [9.17, 15) is 4.79 Å². The molecule has 0 saturated carbocycles. The fraction of sp³-hybridized carbons (Fsp3) is 0.519. The molecule has 7 heteroatoms. The summed E-state index contributed by atoms with van der Waals surface area (Å²) < 4.78 is 100. The first-order valence-corrected chi connectivity index (χ1v) is 11.1. The van der Waals surface area contributed by atoms with Gasteiger partial charge in [-0.25, -0.2) is 0 Å². The van der Waals surface area contributed by atoms with Crippen LogP contribution in [-0.4, -0.2) is 77.1 Å². The van der Waals surface area contributed by atoms with Gasteiger partial charge in [0.05, 0.1) is 42.9 Å². The minimum atomic E-state index is -2.74. The molecule has 0 radical (unpaired) electrons. The molecule has 2 aliphatic rings. The Bertz CT molecular complexity index is 1400. The van der Waals surface area contributed by atoms with Crippen molar-refractivity contribution in [1.82, 2.24) is 9.80 Å². The van der Waals surface area contributed by atoms with Gasteiger partial charge in [0.2, 0.25) is 5.91 Å². The van der Waals surface area contributed by atoms with Crippen molar-refractivity contribution in [1.29, 1.82) is 0 Å². The first kappa shape index (κ1) is 14.5. The number of amides is 1. The van der Waals surface area contributed by atoms with E-state index in [1.165, 1.54) is 32.2 Å². The Kier molecular flexibility index (Phi) is 4.49. The second-order valence-corrected chi connectivity index (χ2v) is 8.34. The van der Waals surface area contributed by atoms with Crippen LogP contribution in [0.5, 0.6) is 23.0 Å². The summed E-state index contributed by atoms with van der Waals surface area (Å²) in [4.78, 5) is 15.7. The number of rotatable bonds is 10. The number of benzene rings is 2. The van der Waals surface area contributed by atoms with Gasteiger partial charge in [-0.15, -0.1) is 0 Å². The fourth-order valence-corrected chi connectivity index (χ4v) is 4.48. The topological polar surface area (TPSA) is 60.5 Å². The normalized spacial score (nSPS) is 22.9. The van der Waals surface area contributed by atoms with E-state index in [0.29, 0.717) is 17.5 Å². The monoisotopic (exact) mass is 478 g/mol. The fourth-order valence-electron chi connectivity index (χ4n) is 4.48. The number of fused-ring (bicyclic) bond motifs is 2. The van der Waals surface area contributed by atoms with E-state index < -0.39 is 33.0 Å². The van der Waals surface area contributed by atoms with Crippen LogP contribution in [0.1, 0.15) is 48.3 Å². The lowest BCUT2D eigenvalue weighted by molar-refractivity contribution is -0.130. The van der Waals surface area contributed by atoms with Crippen LogP contribution in [-0.2, 0) is 24.1 Å². The van der Waals surface area contributed by atoms with Gasteiger partial charge in [-0.05, 0) is 79.3 Å². The van der Waals surface area contributed by atoms with E-state index in [-0.39, 0.29) is 61.3 Å². The molecule has 2 aromatic carbocycles. The molecule has 1 heterocycles. The van der Waals surface area contributed by atoms with E-state index in [0.717, 1.165) is 16.0 Å². The minimum Gasteiger partial charge on any atom is -0.493 e. The van der Waals surface area contributed by atoms with Crippen molar-refractivity contribution in [3.05, 3.63) is 46.5 Å². The highest BCUT2D eigenvalue weighted by Crippen LogP contribution is 2.42. The van der Waals surface area contributed by atoms with Gasteiger partial charge in [-0.2, -0.15) is 0 Å². The molecule has 34 heavy (non-hydrogen) atoms. The zero-order valence-electron chi connectivity index (χ0n) is 29.6. The van der Waals surface area contributed by atoms with Gasteiger partial charge in [-0.1, -0.05) is 0 Å². The van der Waals surface area contributed by atoms with Crippen LogP contribution < -0.4 is 18.9 Å². The van der Waals surface area contributed by atoms with Crippen LogP contribution in [0.2, 0.25) is 0 Å². The van der Waals surface area contributed by atoms with Gasteiger partial charge >= 0.3 is 0 Å². The highest BCUT2D eigenvalue weighted by molar-refractivity contribution is 5.80. The minimum absolute atomic E-state index is 0.00236. The van der Waals surface area contributed by atoms with Crippen LogP contribution in [0.3, 0.4) is 0 Å². The summed E-state index contributed by atoms with van der Waals surface area (Å²) in [5.74, 6) is -0.618. The van der Waals surface area contributed by atoms with E-state index in [1.807, 2.05) is 0 Å². The lowest BCUT2D eigenvalue weighted by Crippen LogP contribution is -2.36. The summed E-state index contributed by atoms with van der Waals surface area (Å²) in [7, 11) is -1.32. The SMILES string of the molecule is [2H]C([2H])([2H])Oc1cc2c(cc1OC)CC(=O)N(CCC([2H])([2H])N(C)C([2H])([2H])C1Cc3cc(OC)c(OC([2H])([2H])[2H])cc31)CC2. The molecule has 2 aromatic rings. The third kappa shape index (κ3) is 4.94. The number of carbonyl (C=O) groups is 1. The van der Waals surface area contributed by atoms with Crippen molar-refractivity contribution in [2.45, 2.75) is 31.6 Å². The maximum atomic E-state index is 13.1. The number of ether oxygens (including phenoxy) is 4. The molecule has 7 nitrogen and oxygen atoms in total. The summed E-state index contributed by atoms with van der Waals surface area (Å²) in [5, 5.41) is 0. The second kappa shape index (κ2) is 10.6. The Morgan fingerprint density at radius 2 is 1.65 bits per heavy atom. The highest BCUT2D eigenvalue weighted by atomic mass is 16.5. The molecule has 0 bridgehead atoms. The number of hydrogen-bond acceptors (Lipinski definition) is 6. The first-order valence-electron chi connectivity index (χ1n) is 16.1. The lowest BCUT2D eigenvalue weighted by atomic mass is 9.77. The Balaban J connectivity index is 1.46. The predicted molar refractivity (Wildman–Crippen MR) is 132 cm³/mol. The van der Waals surface area contributed by atoms with Crippen molar-refractivity contribution in [2.24, 2.45) is 0 Å². The molecule has 0 spiro atoms. The van der Waals surface area contributed by atoms with Crippen LogP contribution in [0.25, 0.3) is 0 Å². The first-order chi connectivity index (χ1) is 20.3. The second-order valence-electron chi connectivity index (χ2n) is 8.34. The van der Waals surface area contributed by atoms with E-state index >= 15 is 0 Å². The van der Waals surface area contributed by atoms with Crippen LogP contribution >= 0.6 is 0 Å². The summed E-state index contributed by atoms with van der Waals surface area (Å²) >= 11 is 0. The van der Waals surface area contributed by atoms with Gasteiger partial charge in [0.15, 0.2) is 23.0 Å². The third-order valence-corrected chi connectivity index (χ3v) is 6.36. The van der Waals surface area contributed by atoms with E-state index in [1.54, 1.807) is 18.2 Å². The smallest absolute Gasteiger partial charge is 0.227 e. The van der Waals surface area contributed by atoms with Crippen molar-refractivity contribution < 1.29 is 37.4 Å². The molecule has 184 valence electrons. The molecule has 1 aliphatic carbocycles. The number of methoxy groups -OCH3 is 4. The standard InChI is InChI=1S/C27H36N2O5/c1-28(17-21-11-20-14-25(33-4)26(34-5)16-22(20)21)8-6-9-29-10-7-18-12-23(31-2)24(32-3)13-19(18)15-27(29)30/h12-14,16,21H,6-11,15,17H2,1-5H3/i2D3,5D3,8D2,17D2. The lowest BCUT2D eigenvalue weighted by Gasteiger charge is -2.34. The quantitative estimate of drug-likeness (QED) is 0.522. The molecular weight excluding hydrogens is 432 g/mol. The zero-order chi connectivity index (χ0) is 32.8. The maximum Gasteiger partial charge on any atom is 0.227 e. The van der Waals surface area contributed by atoms with Crippen LogP contribution in [0, 0.1) is 0 Å². The van der Waals surface area contributed by atoms with Crippen molar-refractivity contribution >= 4 is 5.91 Å². The largest absolute Gasteiger partial charge is 0.493 e. The molecule has 0 fully saturated rings. The third-order valence-electron chi connectivity index (χ3n) is 6.36. The molecule has 1 unspecified atom stereocenters. The van der Waals surface area contributed by atoms with Gasteiger partial charge in [0.1, 0.15) is 0 Å². The molecule has 0 saturated heterocycles. The molecule has 0 N–H and O–H groups in total. The van der Waals surface area contributed by atoms with Crippen molar-refractivity contribution in [3.8, 4) is 23.0 Å². The maximum absolute atomic E-state index is 13.1. The number of carbonyl (C=O) groups excluding carboxylic acids is 1. The van der Waals surface area contributed by atoms with Gasteiger partial charge in [0.25, 0.3) is 0 Å². The molecule has 4 rings (SSSR count). The van der Waals surface area contributed by atoms with Crippen molar-refractivity contribution in [3.63, 3.8) is 0 Å². The summed E-state index contributed by atoms with van der Waals surface area (Å²) in [6.07, 6.45) is 0.484. The predicted octanol–water partition coefficient (Wildman–Crippen LogP) is 3.31. The van der Waals surface area contributed by atoms with Gasteiger partial charge in [0, 0.05) is 31.0 Å². The summed E-state index contributed by atoms with van der Waals surface area (Å²) in [5.41, 5.74) is 2.64. The number of likely N-dealkylation sites (N-methyl/N-ethyl adjacent to an activating group) is 1. The average molecular weight is 479 g/mol. The Morgan fingerprint density at radius 3 is 2.35 bits per heavy atom. The molecule has 1 atom stereocenters. The van der Waals surface area contributed by atoms with Crippen LogP contribution in [0.15, 0.2) is 24.3 Å². The highest BCUT2D eigenvalue weighted by Gasteiger charge is 2.29. The van der Waals surface area contributed by atoms with Crippen molar-refractivity contribution in [2.75, 3.05) is 61.4 Å². The number of hydrogen-bond donors (Lipinski definition) is 0. The molecule has 0 aromatic heterocycles. The molecular formula is C27H36N2O5. The zero-order valence-corrected chi connectivity index (χ0v) is 19.6. The molecule has 1 amide bonds. The Hall–Kier alpha value is -2.93.